The number of hydrogen-bond donors (Lipinski definition) is 3. The fraction of sp³-hybridized carbons (Fsp3) is 0.625. The molecule has 0 aliphatic carbocycles. The van der Waals surface area contributed by atoms with Crippen LogP contribution in [0.2, 0.25) is 0 Å². The molecule has 3 unspecified atom stereocenters. The molecule has 0 heterocycles. The number of hydrogen-bond acceptors (Lipinski definition) is 3. The summed E-state index contributed by atoms with van der Waals surface area (Å²) in [5.41, 5.74) is 1.15. The normalized spacial score (nSPS) is 19.1. The number of benzene rings is 1. The van der Waals surface area contributed by atoms with Crippen molar-refractivity contribution in [1.82, 2.24) is 0 Å². The van der Waals surface area contributed by atoms with Crippen LogP contribution in [0.25, 0.3) is 0 Å². The molecule has 4 nitrogen and oxygen atoms in total. The van der Waals surface area contributed by atoms with E-state index in [-0.39, 0.29) is 0 Å². The van der Waals surface area contributed by atoms with Crippen molar-refractivity contribution < 1.29 is 19.8 Å². The number of aliphatic hydroxyl groups is 3. The van der Waals surface area contributed by atoms with Gasteiger partial charge in [0.1, 0.15) is 44.5 Å². The van der Waals surface area contributed by atoms with Crippen LogP contribution < -0.4 is 0 Å². The second-order valence-electron chi connectivity index (χ2n) is 6.08. The molecule has 114 valence electrons. The molecule has 1 aromatic carbocycles. The summed E-state index contributed by atoms with van der Waals surface area (Å²) in [6.07, 6.45) is -1.43. The average molecular weight is 282 g/mol. The van der Waals surface area contributed by atoms with E-state index in [1.807, 2.05) is 30.3 Å². The Kier molecular flexibility index (Phi) is 6.62. The fourth-order valence-electron chi connectivity index (χ4n) is 3.07. The molecule has 1 aromatic rings. The van der Waals surface area contributed by atoms with E-state index >= 15 is 0 Å². The molecule has 3 atom stereocenters. The first kappa shape index (κ1) is 17.1. The van der Waals surface area contributed by atoms with E-state index in [4.69, 9.17) is 0 Å². The van der Waals surface area contributed by atoms with Crippen molar-refractivity contribution in [3.05, 3.63) is 35.9 Å². The predicted octanol–water partition coefficient (Wildman–Crippen LogP) is 1.15. The number of rotatable bonds is 8. The Labute approximate surface area is 121 Å². The molecule has 0 spiro atoms. The molecule has 0 radical (unpaired) electrons. The van der Waals surface area contributed by atoms with E-state index in [1.54, 1.807) is 20.8 Å². The van der Waals surface area contributed by atoms with Crippen LogP contribution in [0.15, 0.2) is 30.3 Å². The standard InChI is InChI=1S/C16H28NO3/c1-13(18)9-17(10-14(2)19,11-15(3)20)12-16-7-5-4-6-8-16/h4-8,13-15,18-20H,9-12H2,1-3H3/q+1. The lowest BCUT2D eigenvalue weighted by atomic mass is 10.1. The summed E-state index contributed by atoms with van der Waals surface area (Å²) >= 11 is 0. The second-order valence-corrected chi connectivity index (χ2v) is 6.08. The molecule has 20 heavy (non-hydrogen) atoms. The molecule has 3 N–H and O–H groups in total. The van der Waals surface area contributed by atoms with Gasteiger partial charge in [-0.3, -0.25) is 0 Å². The minimum Gasteiger partial charge on any atom is -0.388 e. The molecule has 0 bridgehead atoms. The SMILES string of the molecule is CC(O)C[N+](Cc1ccccc1)(CC(C)O)CC(C)O. The van der Waals surface area contributed by atoms with Gasteiger partial charge in [0, 0.05) is 5.56 Å². The van der Waals surface area contributed by atoms with Gasteiger partial charge in [-0.2, -0.15) is 0 Å². The third-order valence-electron chi connectivity index (χ3n) is 3.32. The van der Waals surface area contributed by atoms with Crippen molar-refractivity contribution in [1.29, 1.82) is 0 Å². The van der Waals surface area contributed by atoms with E-state index in [9.17, 15) is 15.3 Å². The summed E-state index contributed by atoms with van der Waals surface area (Å²) < 4.78 is 0.483. The van der Waals surface area contributed by atoms with Gasteiger partial charge in [-0.05, 0) is 20.8 Å². The smallest absolute Gasteiger partial charge is 0.105 e. The van der Waals surface area contributed by atoms with E-state index in [0.717, 1.165) is 5.56 Å². The molecule has 0 saturated heterocycles. The molecule has 4 heteroatoms. The zero-order chi connectivity index (χ0) is 15.2. The Morgan fingerprint density at radius 2 is 1.20 bits per heavy atom. The summed E-state index contributed by atoms with van der Waals surface area (Å²) in [7, 11) is 0. The Bertz CT molecular complexity index is 350. The highest BCUT2D eigenvalue weighted by molar-refractivity contribution is 5.13. The summed E-state index contributed by atoms with van der Waals surface area (Å²) in [5, 5.41) is 29.4. The molecular weight excluding hydrogens is 254 g/mol. The van der Waals surface area contributed by atoms with Gasteiger partial charge in [-0.1, -0.05) is 30.3 Å². The maximum Gasteiger partial charge on any atom is 0.105 e. The molecule has 0 aromatic heterocycles. The van der Waals surface area contributed by atoms with E-state index in [2.05, 4.69) is 0 Å². The zero-order valence-electron chi connectivity index (χ0n) is 12.7. The number of quaternary nitrogens is 1. The number of aliphatic hydroxyl groups excluding tert-OH is 3. The summed E-state index contributed by atoms with van der Waals surface area (Å²) in [6, 6.07) is 10.0. The quantitative estimate of drug-likeness (QED) is 0.627. The Morgan fingerprint density at radius 3 is 1.55 bits per heavy atom. The van der Waals surface area contributed by atoms with Gasteiger partial charge in [-0.25, -0.2) is 0 Å². The van der Waals surface area contributed by atoms with Crippen LogP contribution in [-0.4, -0.2) is 57.7 Å². The maximum atomic E-state index is 9.81. The first-order valence-corrected chi connectivity index (χ1v) is 7.26. The molecular formula is C16H28NO3+. The van der Waals surface area contributed by atoms with Crippen LogP contribution in [0.3, 0.4) is 0 Å². The summed E-state index contributed by atoms with van der Waals surface area (Å²) in [6.45, 7) is 7.51. The first-order valence-electron chi connectivity index (χ1n) is 7.26. The van der Waals surface area contributed by atoms with Gasteiger partial charge in [0.25, 0.3) is 0 Å². The van der Waals surface area contributed by atoms with Crippen molar-refractivity contribution in [3.8, 4) is 0 Å². The van der Waals surface area contributed by atoms with Crippen LogP contribution in [0.5, 0.6) is 0 Å². The van der Waals surface area contributed by atoms with Gasteiger partial charge in [-0.15, -0.1) is 0 Å². The highest BCUT2D eigenvalue weighted by atomic mass is 16.3. The van der Waals surface area contributed by atoms with E-state index in [1.165, 1.54) is 0 Å². The molecule has 0 aliphatic heterocycles. The van der Waals surface area contributed by atoms with Gasteiger partial charge in [0.15, 0.2) is 0 Å². The van der Waals surface area contributed by atoms with E-state index < -0.39 is 18.3 Å². The summed E-state index contributed by atoms with van der Waals surface area (Å²) in [5.74, 6) is 0. The van der Waals surface area contributed by atoms with Gasteiger partial charge in [0.05, 0.1) is 0 Å². The molecule has 0 saturated carbocycles. The van der Waals surface area contributed by atoms with Crippen molar-refractivity contribution in [3.63, 3.8) is 0 Å². The predicted molar refractivity (Wildman–Crippen MR) is 80.0 cm³/mol. The largest absolute Gasteiger partial charge is 0.388 e. The Morgan fingerprint density at radius 1 is 0.800 bits per heavy atom. The lowest BCUT2D eigenvalue weighted by molar-refractivity contribution is -0.948. The number of nitrogens with zero attached hydrogens (tertiary/aromatic N) is 1. The van der Waals surface area contributed by atoms with Crippen LogP contribution >= 0.6 is 0 Å². The minimum absolute atomic E-state index is 0.476. The lowest BCUT2D eigenvalue weighted by Crippen LogP contribution is -2.57. The fourth-order valence-corrected chi connectivity index (χ4v) is 3.07. The third kappa shape index (κ3) is 6.01. The topological polar surface area (TPSA) is 60.7 Å². The van der Waals surface area contributed by atoms with Crippen LogP contribution in [-0.2, 0) is 6.54 Å². The van der Waals surface area contributed by atoms with Crippen molar-refractivity contribution in [2.45, 2.75) is 45.6 Å². The molecule has 0 amide bonds. The monoisotopic (exact) mass is 282 g/mol. The van der Waals surface area contributed by atoms with Crippen molar-refractivity contribution in [2.75, 3.05) is 19.6 Å². The average Bonchev–Trinajstić information content (AvgIpc) is 2.26. The van der Waals surface area contributed by atoms with Crippen LogP contribution in [0, 0.1) is 0 Å². The van der Waals surface area contributed by atoms with Crippen molar-refractivity contribution >= 4 is 0 Å². The first-order chi connectivity index (χ1) is 9.33. The maximum absolute atomic E-state index is 9.81. The Hall–Kier alpha value is -0.940. The molecule has 1 rings (SSSR count). The second kappa shape index (κ2) is 7.74. The molecule has 0 aliphatic rings. The Balaban J connectivity index is 3.00. The highest BCUT2D eigenvalue weighted by Crippen LogP contribution is 2.18. The molecule has 0 fully saturated rings. The minimum atomic E-state index is -0.476. The van der Waals surface area contributed by atoms with Crippen LogP contribution in [0.1, 0.15) is 26.3 Å². The summed E-state index contributed by atoms with van der Waals surface area (Å²) in [4.78, 5) is 0. The van der Waals surface area contributed by atoms with Gasteiger partial charge >= 0.3 is 0 Å². The third-order valence-corrected chi connectivity index (χ3v) is 3.32. The van der Waals surface area contributed by atoms with Gasteiger partial charge in [0.2, 0.25) is 0 Å². The van der Waals surface area contributed by atoms with Gasteiger partial charge < -0.3 is 19.8 Å². The highest BCUT2D eigenvalue weighted by Gasteiger charge is 2.32. The van der Waals surface area contributed by atoms with Crippen molar-refractivity contribution in [2.24, 2.45) is 0 Å². The zero-order valence-corrected chi connectivity index (χ0v) is 12.7. The van der Waals surface area contributed by atoms with E-state index in [0.29, 0.717) is 30.7 Å². The lowest BCUT2D eigenvalue weighted by Gasteiger charge is -2.41. The van der Waals surface area contributed by atoms with Crippen LogP contribution in [0.4, 0.5) is 0 Å².